The first-order valence-corrected chi connectivity index (χ1v) is 10.9. The summed E-state index contributed by atoms with van der Waals surface area (Å²) in [5.41, 5.74) is 1.50. The highest BCUT2D eigenvalue weighted by molar-refractivity contribution is 5.96. The third-order valence-electron chi connectivity index (χ3n) is 5.59. The number of benzene rings is 2. The van der Waals surface area contributed by atoms with Crippen molar-refractivity contribution < 1.29 is 32.2 Å². The number of nitrogens with one attached hydrogen (secondary N) is 2. The van der Waals surface area contributed by atoms with Crippen LogP contribution in [0.15, 0.2) is 48.7 Å². The lowest BCUT2D eigenvalue weighted by molar-refractivity contribution is -0.147. The van der Waals surface area contributed by atoms with Crippen LogP contribution in [-0.2, 0) is 31.7 Å². The van der Waals surface area contributed by atoms with Crippen molar-refractivity contribution in [2.24, 2.45) is 0 Å². The Kier molecular flexibility index (Phi) is 7.06. The Labute approximate surface area is 193 Å². The van der Waals surface area contributed by atoms with Gasteiger partial charge in [0.05, 0.1) is 30.2 Å². The number of aromatic nitrogens is 1. The number of fused-ring (bicyclic) bond motifs is 1. The number of carbonyl (C=O) groups excluding carboxylic acids is 2. The van der Waals surface area contributed by atoms with Crippen molar-refractivity contribution in [1.82, 2.24) is 4.98 Å². The second-order valence-corrected chi connectivity index (χ2v) is 7.90. The van der Waals surface area contributed by atoms with Gasteiger partial charge in [0.2, 0.25) is 0 Å². The largest absolute Gasteiger partial charge is 0.456 e. The van der Waals surface area contributed by atoms with Crippen LogP contribution in [0.1, 0.15) is 17.5 Å². The standard InChI is InChI=1S/C24H24F3N3O4/c25-24(26,27)17-6-7-21(30-9-11-33-12-10-30)20(13-17)29-22(31)15-34-23(32)8-5-16-14-28-19-4-2-1-3-18(16)19/h1-4,6-7,13-14,28H,5,8-12,15H2,(H,29,31). The van der Waals surface area contributed by atoms with Gasteiger partial charge in [0.15, 0.2) is 6.61 Å². The van der Waals surface area contributed by atoms with Crippen LogP contribution >= 0.6 is 0 Å². The highest BCUT2D eigenvalue weighted by atomic mass is 19.4. The monoisotopic (exact) mass is 475 g/mol. The predicted octanol–water partition coefficient (Wildman–Crippen LogP) is 4.14. The third kappa shape index (κ3) is 5.69. The molecule has 0 unspecified atom stereocenters. The first-order valence-electron chi connectivity index (χ1n) is 10.9. The molecule has 2 aromatic carbocycles. The molecule has 1 aromatic heterocycles. The molecule has 0 aliphatic carbocycles. The van der Waals surface area contributed by atoms with Crippen LogP contribution < -0.4 is 10.2 Å². The summed E-state index contributed by atoms with van der Waals surface area (Å²) in [6, 6.07) is 10.9. The van der Waals surface area contributed by atoms with Crippen LogP contribution in [0.3, 0.4) is 0 Å². The molecular formula is C24H24F3N3O4. The smallest absolute Gasteiger partial charge is 0.416 e. The Morgan fingerprint density at radius 1 is 1.12 bits per heavy atom. The number of aryl methyl sites for hydroxylation is 1. The summed E-state index contributed by atoms with van der Waals surface area (Å²) in [7, 11) is 0. The number of morpholine rings is 1. The van der Waals surface area contributed by atoms with Crippen LogP contribution in [0.5, 0.6) is 0 Å². The molecule has 4 rings (SSSR count). The number of H-pyrrole nitrogens is 1. The SMILES string of the molecule is O=C(COC(=O)CCc1c[nH]c2ccccc12)Nc1cc(C(F)(F)F)ccc1N1CCOCC1. The van der Waals surface area contributed by atoms with E-state index in [2.05, 4.69) is 10.3 Å². The molecule has 1 fully saturated rings. The van der Waals surface area contributed by atoms with Crippen molar-refractivity contribution in [1.29, 1.82) is 0 Å². The van der Waals surface area contributed by atoms with Gasteiger partial charge >= 0.3 is 12.1 Å². The molecule has 34 heavy (non-hydrogen) atoms. The van der Waals surface area contributed by atoms with Gasteiger partial charge in [0, 0.05) is 36.6 Å². The van der Waals surface area contributed by atoms with Gasteiger partial charge < -0.3 is 24.7 Å². The zero-order chi connectivity index (χ0) is 24.1. The molecule has 1 amide bonds. The van der Waals surface area contributed by atoms with Crippen LogP contribution in [-0.4, -0.2) is 49.8 Å². The fourth-order valence-corrected chi connectivity index (χ4v) is 3.87. The molecule has 0 spiro atoms. The highest BCUT2D eigenvalue weighted by Crippen LogP contribution is 2.35. The number of rotatable bonds is 7. The number of hydrogen-bond donors (Lipinski definition) is 2. The molecule has 1 aliphatic rings. The van der Waals surface area contributed by atoms with Gasteiger partial charge in [-0.3, -0.25) is 9.59 Å². The van der Waals surface area contributed by atoms with Gasteiger partial charge in [0.1, 0.15) is 0 Å². The van der Waals surface area contributed by atoms with Crippen molar-refractivity contribution in [2.75, 3.05) is 43.1 Å². The van der Waals surface area contributed by atoms with Gasteiger partial charge in [-0.25, -0.2) is 0 Å². The maximum absolute atomic E-state index is 13.2. The molecule has 0 bridgehead atoms. The van der Waals surface area contributed by atoms with Gasteiger partial charge in [-0.2, -0.15) is 13.2 Å². The number of carbonyl (C=O) groups is 2. The average molecular weight is 475 g/mol. The molecule has 7 nitrogen and oxygen atoms in total. The summed E-state index contributed by atoms with van der Waals surface area (Å²) in [6.45, 7) is 1.24. The minimum atomic E-state index is -4.56. The van der Waals surface area contributed by atoms with E-state index >= 15 is 0 Å². The molecule has 0 saturated carbocycles. The van der Waals surface area contributed by atoms with Crippen molar-refractivity contribution in [3.63, 3.8) is 0 Å². The minimum Gasteiger partial charge on any atom is -0.456 e. The van der Waals surface area contributed by atoms with E-state index in [4.69, 9.17) is 9.47 Å². The van der Waals surface area contributed by atoms with Gasteiger partial charge in [-0.05, 0) is 36.2 Å². The van der Waals surface area contributed by atoms with Crippen molar-refractivity contribution >= 4 is 34.2 Å². The van der Waals surface area contributed by atoms with Crippen molar-refractivity contribution in [3.05, 3.63) is 59.8 Å². The van der Waals surface area contributed by atoms with Gasteiger partial charge in [-0.1, -0.05) is 18.2 Å². The lowest BCUT2D eigenvalue weighted by atomic mass is 10.1. The number of ether oxygens (including phenoxy) is 2. The lowest BCUT2D eigenvalue weighted by Gasteiger charge is -2.31. The van der Waals surface area contributed by atoms with Gasteiger partial charge in [0.25, 0.3) is 5.91 Å². The van der Waals surface area contributed by atoms with Crippen LogP contribution in [0.4, 0.5) is 24.5 Å². The molecule has 0 radical (unpaired) electrons. The highest BCUT2D eigenvalue weighted by Gasteiger charge is 2.32. The van der Waals surface area contributed by atoms with E-state index in [-0.39, 0.29) is 12.1 Å². The molecule has 10 heteroatoms. The minimum absolute atomic E-state index is 0.0107. The number of nitrogens with zero attached hydrogens (tertiary/aromatic N) is 1. The Balaban J connectivity index is 1.36. The summed E-state index contributed by atoms with van der Waals surface area (Å²) in [6.07, 6.45) is -2.24. The summed E-state index contributed by atoms with van der Waals surface area (Å²) >= 11 is 0. The number of halogens is 3. The number of para-hydroxylation sites is 1. The number of aromatic amines is 1. The topological polar surface area (TPSA) is 83.7 Å². The molecular weight excluding hydrogens is 451 g/mol. The quantitative estimate of drug-likeness (QED) is 0.502. The maximum Gasteiger partial charge on any atom is 0.416 e. The summed E-state index contributed by atoms with van der Waals surface area (Å²) in [5.74, 6) is -1.29. The van der Waals surface area contributed by atoms with E-state index in [1.165, 1.54) is 6.07 Å². The first kappa shape index (κ1) is 23.6. The van der Waals surface area contributed by atoms with Crippen molar-refractivity contribution in [2.45, 2.75) is 19.0 Å². The Bertz CT molecular complexity index is 1170. The lowest BCUT2D eigenvalue weighted by Crippen LogP contribution is -2.37. The molecule has 1 aliphatic heterocycles. The Morgan fingerprint density at radius 2 is 1.88 bits per heavy atom. The van der Waals surface area contributed by atoms with E-state index in [1.807, 2.05) is 35.4 Å². The van der Waals surface area contributed by atoms with Crippen LogP contribution in [0, 0.1) is 0 Å². The molecule has 2 N–H and O–H groups in total. The zero-order valence-corrected chi connectivity index (χ0v) is 18.3. The summed E-state index contributed by atoms with van der Waals surface area (Å²) in [5, 5.41) is 3.47. The van der Waals surface area contributed by atoms with E-state index in [0.717, 1.165) is 28.6 Å². The van der Waals surface area contributed by atoms with E-state index in [9.17, 15) is 22.8 Å². The number of alkyl halides is 3. The normalized spacial score (nSPS) is 14.3. The average Bonchev–Trinajstić information content (AvgIpc) is 3.24. The molecule has 180 valence electrons. The van der Waals surface area contributed by atoms with E-state index in [0.29, 0.717) is 38.4 Å². The first-order chi connectivity index (χ1) is 16.3. The van der Waals surface area contributed by atoms with Crippen LogP contribution in [0.2, 0.25) is 0 Å². The summed E-state index contributed by atoms with van der Waals surface area (Å²) < 4.78 is 50.0. The fourth-order valence-electron chi connectivity index (χ4n) is 3.87. The molecule has 1 saturated heterocycles. The van der Waals surface area contributed by atoms with Crippen molar-refractivity contribution in [3.8, 4) is 0 Å². The predicted molar refractivity (Wildman–Crippen MR) is 121 cm³/mol. The number of hydrogen-bond acceptors (Lipinski definition) is 5. The Morgan fingerprint density at radius 3 is 2.65 bits per heavy atom. The van der Waals surface area contributed by atoms with Gasteiger partial charge in [-0.15, -0.1) is 0 Å². The maximum atomic E-state index is 13.2. The number of amides is 1. The molecule has 0 atom stereocenters. The third-order valence-corrected chi connectivity index (χ3v) is 5.59. The number of esters is 1. The zero-order valence-electron chi connectivity index (χ0n) is 18.3. The number of anilines is 2. The van der Waals surface area contributed by atoms with Crippen LogP contribution in [0.25, 0.3) is 10.9 Å². The molecule has 2 heterocycles. The van der Waals surface area contributed by atoms with E-state index in [1.54, 1.807) is 0 Å². The van der Waals surface area contributed by atoms with E-state index < -0.39 is 30.2 Å². The summed E-state index contributed by atoms with van der Waals surface area (Å²) in [4.78, 5) is 29.5. The fraction of sp³-hybridized carbons (Fsp3) is 0.333. The second kappa shape index (κ2) is 10.2. The second-order valence-electron chi connectivity index (χ2n) is 7.90. The molecule has 3 aromatic rings. The Hall–Kier alpha value is -3.53.